The fourth-order valence-electron chi connectivity index (χ4n) is 0.787. The van der Waals surface area contributed by atoms with Crippen molar-refractivity contribution in [3.63, 3.8) is 0 Å². The molecule has 1 atom stereocenters. The van der Waals surface area contributed by atoms with Gasteiger partial charge >= 0.3 is 0 Å². The molecule has 0 aromatic carbocycles. The van der Waals surface area contributed by atoms with Gasteiger partial charge in [-0.15, -0.1) is 11.3 Å². The van der Waals surface area contributed by atoms with Crippen molar-refractivity contribution in [3.05, 3.63) is 16.6 Å². The number of nitrogens with zero attached hydrogens (tertiary/aromatic N) is 2. The molecule has 14 heavy (non-hydrogen) atoms. The van der Waals surface area contributed by atoms with E-state index in [0.717, 1.165) is 11.6 Å². The van der Waals surface area contributed by atoms with Gasteiger partial charge in [-0.25, -0.2) is 4.98 Å². The van der Waals surface area contributed by atoms with Crippen LogP contribution in [-0.4, -0.2) is 17.5 Å². The monoisotopic (exact) mass is 230 g/mol. The first-order valence-electron chi connectivity index (χ1n) is 4.06. The molecular formula is C7H12N5S2. The van der Waals surface area contributed by atoms with Crippen molar-refractivity contribution in [3.8, 4) is 0 Å². The average Bonchev–Trinajstić information content (AvgIpc) is 2.64. The third kappa shape index (κ3) is 3.52. The van der Waals surface area contributed by atoms with E-state index in [2.05, 4.69) is 15.0 Å². The van der Waals surface area contributed by atoms with Gasteiger partial charge in [0, 0.05) is 18.1 Å². The van der Waals surface area contributed by atoms with Crippen LogP contribution >= 0.6 is 23.3 Å². The van der Waals surface area contributed by atoms with Crippen molar-refractivity contribution in [1.29, 1.82) is 5.41 Å². The molecule has 1 radical (unpaired) electrons. The third-order valence-electron chi connectivity index (χ3n) is 1.27. The lowest BCUT2D eigenvalue weighted by molar-refractivity contribution is 0.845. The van der Waals surface area contributed by atoms with Gasteiger partial charge in [0.25, 0.3) is 0 Å². The number of thiazole rings is 1. The zero-order valence-corrected chi connectivity index (χ0v) is 9.36. The van der Waals surface area contributed by atoms with Crippen LogP contribution in [0, 0.1) is 5.41 Å². The van der Waals surface area contributed by atoms with Gasteiger partial charge in [-0.2, -0.15) is 4.72 Å². The Morgan fingerprint density at radius 3 is 3.21 bits per heavy atom. The zero-order valence-electron chi connectivity index (χ0n) is 7.73. The van der Waals surface area contributed by atoms with Crippen LogP contribution in [0.2, 0.25) is 0 Å². The average molecular weight is 230 g/mol. The molecule has 1 rings (SSSR count). The van der Waals surface area contributed by atoms with Crippen LogP contribution in [0.15, 0.2) is 11.6 Å². The summed E-state index contributed by atoms with van der Waals surface area (Å²) in [5, 5.41) is 12.6. The van der Waals surface area contributed by atoms with E-state index in [1.54, 1.807) is 6.20 Å². The maximum Gasteiger partial charge on any atom is 0.186 e. The highest BCUT2D eigenvalue weighted by atomic mass is 32.2. The van der Waals surface area contributed by atoms with Crippen LogP contribution in [0.4, 0.5) is 0 Å². The lowest BCUT2D eigenvalue weighted by Crippen LogP contribution is -2.33. The number of guanidine groups is 1. The topological polar surface area (TPSA) is 88.9 Å². The Hall–Kier alpha value is -0.790. The van der Waals surface area contributed by atoms with E-state index in [1.165, 1.54) is 23.3 Å². The van der Waals surface area contributed by atoms with Crippen LogP contribution in [0.25, 0.3) is 0 Å². The Labute approximate surface area is 91.1 Å². The Kier molecular flexibility index (Phi) is 4.71. The molecule has 5 nitrogen and oxygen atoms in total. The number of nitrogens with one attached hydrogen (secondary N) is 2. The summed E-state index contributed by atoms with van der Waals surface area (Å²) in [4.78, 5) is 4.15. The number of aromatic nitrogens is 1. The van der Waals surface area contributed by atoms with Gasteiger partial charge in [-0.1, -0.05) is 0 Å². The van der Waals surface area contributed by atoms with Crippen LogP contribution in [0.1, 0.15) is 17.3 Å². The molecule has 77 valence electrons. The highest BCUT2D eigenvalue weighted by Crippen LogP contribution is 2.25. The van der Waals surface area contributed by atoms with Crippen molar-refractivity contribution in [2.24, 2.45) is 5.73 Å². The number of hydrogen-bond acceptors (Lipinski definition) is 4. The predicted octanol–water partition coefficient (Wildman–Crippen LogP) is 0.897. The maximum absolute atomic E-state index is 7.15. The third-order valence-corrected chi connectivity index (χ3v) is 3.22. The van der Waals surface area contributed by atoms with Crippen LogP contribution in [0.5, 0.6) is 0 Å². The van der Waals surface area contributed by atoms with Crippen LogP contribution in [-0.2, 0) is 0 Å². The lowest BCUT2D eigenvalue weighted by atomic mass is 10.6. The zero-order chi connectivity index (χ0) is 10.4. The molecule has 1 aromatic rings. The molecule has 0 saturated carbocycles. The molecule has 0 aliphatic heterocycles. The molecule has 0 aliphatic rings. The summed E-state index contributed by atoms with van der Waals surface area (Å²) in [5.74, 6) is -0.0657. The molecule has 7 heteroatoms. The van der Waals surface area contributed by atoms with E-state index in [1.807, 2.05) is 12.3 Å². The molecule has 1 unspecified atom stereocenters. The molecule has 1 aromatic heterocycles. The van der Waals surface area contributed by atoms with Crippen LogP contribution < -0.4 is 15.8 Å². The summed E-state index contributed by atoms with van der Waals surface area (Å²) < 4.78 is 4.15. The Morgan fingerprint density at radius 2 is 2.71 bits per heavy atom. The highest BCUT2D eigenvalue weighted by molar-refractivity contribution is 7.97. The highest BCUT2D eigenvalue weighted by Gasteiger charge is 2.14. The fourth-order valence-corrected chi connectivity index (χ4v) is 2.28. The fraction of sp³-hybridized carbons (Fsp3) is 0.429. The van der Waals surface area contributed by atoms with Gasteiger partial charge in [0.15, 0.2) is 5.96 Å². The van der Waals surface area contributed by atoms with Crippen molar-refractivity contribution in [2.75, 3.05) is 6.54 Å². The van der Waals surface area contributed by atoms with E-state index >= 15 is 0 Å². The van der Waals surface area contributed by atoms with Crippen LogP contribution in [0.3, 0.4) is 0 Å². The van der Waals surface area contributed by atoms with Crippen molar-refractivity contribution >= 4 is 29.2 Å². The quantitative estimate of drug-likeness (QED) is 0.303. The van der Waals surface area contributed by atoms with Gasteiger partial charge < -0.3 is 11.1 Å². The second kappa shape index (κ2) is 5.84. The summed E-state index contributed by atoms with van der Waals surface area (Å²) in [5.41, 5.74) is 5.27. The second-order valence-electron chi connectivity index (χ2n) is 2.36. The van der Waals surface area contributed by atoms with E-state index in [-0.39, 0.29) is 11.3 Å². The first kappa shape index (κ1) is 11.3. The molecule has 0 amide bonds. The summed E-state index contributed by atoms with van der Waals surface area (Å²) in [7, 11) is 0. The molecule has 0 spiro atoms. The van der Waals surface area contributed by atoms with E-state index in [0.29, 0.717) is 0 Å². The number of nitrogens with two attached hydrogens (primary N) is 1. The minimum absolute atomic E-state index is 0.0657. The summed E-state index contributed by atoms with van der Waals surface area (Å²) in [6.07, 6.45) is 1.72. The Balaban J connectivity index is 2.57. The number of hydrogen-bond donors (Lipinski definition) is 3. The number of rotatable bonds is 5. The lowest BCUT2D eigenvalue weighted by Gasteiger charge is -2.14. The summed E-state index contributed by atoms with van der Waals surface area (Å²) >= 11 is 2.87. The molecule has 4 N–H and O–H groups in total. The van der Waals surface area contributed by atoms with E-state index in [4.69, 9.17) is 11.1 Å². The summed E-state index contributed by atoms with van der Waals surface area (Å²) in [6, 6.07) is 0. The molecular weight excluding hydrogens is 218 g/mol. The Morgan fingerprint density at radius 1 is 1.93 bits per heavy atom. The van der Waals surface area contributed by atoms with Gasteiger partial charge in [-0.05, 0) is 18.9 Å². The molecule has 1 heterocycles. The molecule has 0 aliphatic carbocycles. The Bertz CT molecular complexity index is 274. The second-order valence-corrected chi connectivity index (χ2v) is 4.23. The smallest absolute Gasteiger partial charge is 0.186 e. The largest absolute Gasteiger partial charge is 0.370 e. The maximum atomic E-state index is 7.15. The minimum Gasteiger partial charge on any atom is -0.370 e. The standard InChI is InChI=1S/C7H12N5S2/c1-2-11-14-6(12-7(8)9)5-10-3-4-13-5/h3-4,6H,2H2,1H3,(H4,8,9,12). The van der Waals surface area contributed by atoms with Gasteiger partial charge in [0.05, 0.1) is 0 Å². The first-order valence-corrected chi connectivity index (χ1v) is 5.78. The minimum atomic E-state index is -0.146. The molecule has 0 saturated heterocycles. The first-order chi connectivity index (χ1) is 6.74. The molecule has 0 fully saturated rings. The van der Waals surface area contributed by atoms with Gasteiger partial charge in [0.2, 0.25) is 0 Å². The SMILES string of the molecule is CC[N]SC(NC(=N)N)c1nccs1. The van der Waals surface area contributed by atoms with Crippen molar-refractivity contribution in [1.82, 2.24) is 15.0 Å². The summed E-state index contributed by atoms with van der Waals surface area (Å²) in [6.45, 7) is 2.69. The van der Waals surface area contributed by atoms with E-state index < -0.39 is 0 Å². The van der Waals surface area contributed by atoms with Crippen molar-refractivity contribution < 1.29 is 0 Å². The van der Waals surface area contributed by atoms with Gasteiger partial charge in [0.1, 0.15) is 10.4 Å². The predicted molar refractivity (Wildman–Crippen MR) is 60.2 cm³/mol. The molecule has 0 bridgehead atoms. The van der Waals surface area contributed by atoms with Crippen molar-refractivity contribution in [2.45, 2.75) is 12.3 Å². The van der Waals surface area contributed by atoms with E-state index in [9.17, 15) is 0 Å². The normalized spacial score (nSPS) is 12.4. The van der Waals surface area contributed by atoms with Gasteiger partial charge in [-0.3, -0.25) is 5.41 Å².